The molecule has 1 atom stereocenters. The van der Waals surface area contributed by atoms with Crippen LogP contribution in [0.1, 0.15) is 19.4 Å². The van der Waals surface area contributed by atoms with Crippen LogP contribution in [0.2, 0.25) is 0 Å². The maximum absolute atomic E-state index is 6.04. The number of hydrogen-bond donors (Lipinski definition) is 0. The van der Waals surface area contributed by atoms with Crippen LogP contribution in [-0.4, -0.2) is 38.1 Å². The highest BCUT2D eigenvalue weighted by Gasteiger charge is 2.16. The number of halogens is 2. The second-order valence-corrected chi connectivity index (χ2v) is 5.99. The molecule has 2 nitrogen and oxygen atoms in total. The van der Waals surface area contributed by atoms with Crippen molar-refractivity contribution in [1.29, 1.82) is 0 Å². The van der Waals surface area contributed by atoms with Gasteiger partial charge in [-0.25, -0.2) is 0 Å². The lowest BCUT2D eigenvalue weighted by Crippen LogP contribution is -2.40. The van der Waals surface area contributed by atoms with Crippen LogP contribution in [0.4, 0.5) is 5.69 Å². The van der Waals surface area contributed by atoms with Crippen molar-refractivity contribution in [3.63, 3.8) is 0 Å². The molecule has 1 rings (SSSR count). The summed E-state index contributed by atoms with van der Waals surface area (Å²) in [7, 11) is 4.21. The van der Waals surface area contributed by atoms with Gasteiger partial charge >= 0.3 is 0 Å². The van der Waals surface area contributed by atoms with E-state index in [1.54, 1.807) is 0 Å². The highest BCUT2D eigenvalue weighted by atomic mass is 79.9. The lowest BCUT2D eigenvalue weighted by molar-refractivity contribution is 0.373. The minimum absolute atomic E-state index is 0.460. The molecule has 0 aliphatic heterocycles. The lowest BCUT2D eigenvalue weighted by atomic mass is 10.1. The Kier molecular flexibility index (Phi) is 6.47. The van der Waals surface area contributed by atoms with E-state index in [-0.39, 0.29) is 0 Å². The molecule has 1 aromatic rings. The maximum Gasteiger partial charge on any atom is 0.0494 e. The van der Waals surface area contributed by atoms with Gasteiger partial charge in [-0.15, -0.1) is 11.6 Å². The van der Waals surface area contributed by atoms with Crippen LogP contribution in [0, 0.1) is 0 Å². The second kappa shape index (κ2) is 7.37. The first kappa shape index (κ1) is 15.8. The van der Waals surface area contributed by atoms with Gasteiger partial charge < -0.3 is 9.80 Å². The molecule has 0 heterocycles. The molecule has 0 fully saturated rings. The van der Waals surface area contributed by atoms with E-state index in [4.69, 9.17) is 11.6 Å². The van der Waals surface area contributed by atoms with E-state index in [9.17, 15) is 0 Å². The molecule has 1 aromatic carbocycles. The van der Waals surface area contributed by atoms with Crippen molar-refractivity contribution < 1.29 is 0 Å². The van der Waals surface area contributed by atoms with Crippen molar-refractivity contribution in [2.45, 2.75) is 25.8 Å². The molecule has 0 aliphatic rings. The van der Waals surface area contributed by atoms with E-state index in [2.05, 4.69) is 65.8 Å². The predicted octanol–water partition coefficient (Wildman–Crippen LogP) is 3.96. The van der Waals surface area contributed by atoms with Crippen molar-refractivity contribution in [2.75, 3.05) is 32.1 Å². The fourth-order valence-electron chi connectivity index (χ4n) is 2.26. The second-order valence-electron chi connectivity index (χ2n) is 4.80. The summed E-state index contributed by atoms with van der Waals surface area (Å²) in [5, 5.41) is 0. The first-order valence-corrected chi connectivity index (χ1v) is 7.58. The van der Waals surface area contributed by atoms with Crippen LogP contribution in [0.3, 0.4) is 0 Å². The molecule has 0 saturated carbocycles. The van der Waals surface area contributed by atoms with Gasteiger partial charge in [0.25, 0.3) is 0 Å². The highest BCUT2D eigenvalue weighted by Crippen LogP contribution is 2.28. The molecule has 0 spiro atoms. The Morgan fingerprint density at radius 1 is 1.33 bits per heavy atom. The van der Waals surface area contributed by atoms with Gasteiger partial charge in [-0.2, -0.15) is 0 Å². The normalized spacial score (nSPS) is 12.8. The van der Waals surface area contributed by atoms with Crippen molar-refractivity contribution in [2.24, 2.45) is 0 Å². The number of nitrogens with zero attached hydrogens (tertiary/aromatic N) is 2. The minimum Gasteiger partial charge on any atom is -0.368 e. The fraction of sp³-hybridized carbons (Fsp3) is 0.571. The molecule has 18 heavy (non-hydrogen) atoms. The number of alkyl halides is 1. The van der Waals surface area contributed by atoms with Crippen LogP contribution >= 0.6 is 27.5 Å². The van der Waals surface area contributed by atoms with E-state index in [1.807, 2.05) is 6.07 Å². The third-order valence-corrected chi connectivity index (χ3v) is 3.78. The highest BCUT2D eigenvalue weighted by molar-refractivity contribution is 9.10. The summed E-state index contributed by atoms with van der Waals surface area (Å²) in [6.07, 6.45) is 0. The molecule has 0 N–H and O–H groups in total. The topological polar surface area (TPSA) is 6.48 Å². The molecule has 0 saturated heterocycles. The van der Waals surface area contributed by atoms with E-state index >= 15 is 0 Å². The number of rotatable bonds is 6. The average molecular weight is 334 g/mol. The molecule has 4 heteroatoms. The predicted molar refractivity (Wildman–Crippen MR) is 84.7 cm³/mol. The van der Waals surface area contributed by atoms with E-state index in [0.29, 0.717) is 11.9 Å². The van der Waals surface area contributed by atoms with Crippen LogP contribution in [0.25, 0.3) is 0 Å². The summed E-state index contributed by atoms with van der Waals surface area (Å²) in [5.74, 6) is 0.549. The Morgan fingerprint density at radius 3 is 2.50 bits per heavy atom. The minimum atomic E-state index is 0.460. The van der Waals surface area contributed by atoms with E-state index < -0.39 is 0 Å². The van der Waals surface area contributed by atoms with Gasteiger partial charge in [0.2, 0.25) is 0 Å². The number of hydrogen-bond acceptors (Lipinski definition) is 2. The Labute approximate surface area is 124 Å². The first-order chi connectivity index (χ1) is 8.49. The summed E-state index contributed by atoms with van der Waals surface area (Å²) in [4.78, 5) is 4.62. The molecule has 0 radical (unpaired) electrons. The van der Waals surface area contributed by atoms with Gasteiger partial charge in [-0.3, -0.25) is 0 Å². The smallest absolute Gasteiger partial charge is 0.0494 e. The number of likely N-dealkylation sites (N-methyl/N-ethyl adjacent to an activating group) is 2. The quantitative estimate of drug-likeness (QED) is 0.727. The monoisotopic (exact) mass is 332 g/mol. The van der Waals surface area contributed by atoms with E-state index in [0.717, 1.165) is 17.6 Å². The Morgan fingerprint density at radius 2 is 2.00 bits per heavy atom. The Balaban J connectivity index is 3.03. The van der Waals surface area contributed by atoms with Crippen molar-refractivity contribution in [3.05, 3.63) is 28.2 Å². The zero-order valence-electron chi connectivity index (χ0n) is 11.6. The maximum atomic E-state index is 6.04. The zero-order chi connectivity index (χ0) is 13.7. The molecule has 0 bridgehead atoms. The molecule has 0 aliphatic carbocycles. The first-order valence-electron chi connectivity index (χ1n) is 6.25. The standard InChI is InChI=1S/C14H22BrClN2/c1-5-18(11(2)10-17(3)4)14-8-13(15)7-6-12(14)9-16/h6-8,11H,5,9-10H2,1-4H3. The van der Waals surface area contributed by atoms with Gasteiger partial charge in [-0.1, -0.05) is 22.0 Å². The summed E-state index contributed by atoms with van der Waals surface area (Å²) in [5.41, 5.74) is 2.42. The molecular formula is C14H22BrClN2. The van der Waals surface area contributed by atoms with Crippen molar-refractivity contribution in [3.8, 4) is 0 Å². The summed E-state index contributed by atoms with van der Waals surface area (Å²) in [6.45, 7) is 6.45. The fourth-order valence-corrected chi connectivity index (χ4v) is 2.84. The number of anilines is 1. The summed E-state index contributed by atoms with van der Waals surface area (Å²) < 4.78 is 1.10. The lowest BCUT2D eigenvalue weighted by Gasteiger charge is -2.33. The van der Waals surface area contributed by atoms with Gasteiger partial charge in [0.05, 0.1) is 0 Å². The average Bonchev–Trinajstić information content (AvgIpc) is 2.29. The Hall–Kier alpha value is -0.250. The number of benzene rings is 1. The van der Waals surface area contributed by atoms with Crippen molar-refractivity contribution in [1.82, 2.24) is 4.90 Å². The van der Waals surface area contributed by atoms with Gasteiger partial charge in [0.1, 0.15) is 0 Å². The molecule has 102 valence electrons. The van der Waals surface area contributed by atoms with E-state index in [1.165, 1.54) is 11.3 Å². The van der Waals surface area contributed by atoms with Crippen LogP contribution in [0.5, 0.6) is 0 Å². The van der Waals surface area contributed by atoms with Gasteiger partial charge in [-0.05, 0) is 45.6 Å². The Bertz CT molecular complexity index is 382. The van der Waals surface area contributed by atoms with Crippen LogP contribution < -0.4 is 4.90 Å². The molecular weight excluding hydrogens is 312 g/mol. The van der Waals surface area contributed by atoms with Gasteiger partial charge in [0.15, 0.2) is 0 Å². The van der Waals surface area contributed by atoms with Gasteiger partial charge in [0, 0.05) is 35.2 Å². The van der Waals surface area contributed by atoms with Crippen LogP contribution in [-0.2, 0) is 5.88 Å². The molecule has 1 unspecified atom stereocenters. The third kappa shape index (κ3) is 4.15. The molecule has 0 aromatic heterocycles. The summed E-state index contributed by atoms with van der Waals surface area (Å²) >= 11 is 9.59. The SMILES string of the molecule is CCN(c1cc(Br)ccc1CCl)C(C)CN(C)C. The van der Waals surface area contributed by atoms with Crippen molar-refractivity contribution >= 4 is 33.2 Å². The van der Waals surface area contributed by atoms with Crippen LogP contribution in [0.15, 0.2) is 22.7 Å². The molecule has 0 amide bonds. The third-order valence-electron chi connectivity index (χ3n) is 3.00. The largest absolute Gasteiger partial charge is 0.368 e. The zero-order valence-corrected chi connectivity index (χ0v) is 13.9. The summed E-state index contributed by atoms with van der Waals surface area (Å²) in [6, 6.07) is 6.76.